The number of halogens is 1. The average molecular weight is 210 g/mol. The predicted octanol–water partition coefficient (Wildman–Crippen LogP) is 3.75. The van der Waals surface area contributed by atoms with E-state index in [1.54, 1.807) is 13.0 Å². The third kappa shape index (κ3) is 1.60. The smallest absolute Gasteiger partial charge is 0.174 e. The van der Waals surface area contributed by atoms with E-state index in [4.69, 9.17) is 4.74 Å². The molecule has 2 rings (SSSR count). The molecule has 0 atom stereocenters. The van der Waals surface area contributed by atoms with E-state index in [1.165, 1.54) is 11.3 Å². The zero-order chi connectivity index (χ0) is 10.1. The van der Waals surface area contributed by atoms with Gasteiger partial charge < -0.3 is 4.74 Å². The van der Waals surface area contributed by atoms with Crippen molar-refractivity contribution in [3.8, 4) is 5.06 Å². The van der Waals surface area contributed by atoms with Gasteiger partial charge in [0.25, 0.3) is 0 Å². The maximum atomic E-state index is 13.2. The van der Waals surface area contributed by atoms with Crippen LogP contribution in [0.5, 0.6) is 5.06 Å². The van der Waals surface area contributed by atoms with Gasteiger partial charge in [-0.05, 0) is 43.0 Å². The van der Waals surface area contributed by atoms with E-state index in [2.05, 4.69) is 0 Å². The Labute approximate surface area is 86.1 Å². The molecule has 1 nitrogen and oxygen atoms in total. The molecule has 1 aromatic heterocycles. The molecule has 14 heavy (non-hydrogen) atoms. The van der Waals surface area contributed by atoms with E-state index in [1.807, 2.05) is 19.1 Å². The molecule has 0 aliphatic carbocycles. The summed E-state index contributed by atoms with van der Waals surface area (Å²) in [6.45, 7) is 4.36. The van der Waals surface area contributed by atoms with Crippen LogP contribution in [0, 0.1) is 12.7 Å². The topological polar surface area (TPSA) is 9.23 Å². The first-order valence-electron chi connectivity index (χ1n) is 4.53. The van der Waals surface area contributed by atoms with E-state index >= 15 is 0 Å². The fourth-order valence-corrected chi connectivity index (χ4v) is 2.34. The number of benzene rings is 1. The first-order valence-corrected chi connectivity index (χ1v) is 5.35. The first kappa shape index (κ1) is 9.46. The highest BCUT2D eigenvalue weighted by Crippen LogP contribution is 2.33. The molecule has 0 spiro atoms. The minimum Gasteiger partial charge on any atom is -0.484 e. The van der Waals surface area contributed by atoms with Crippen LogP contribution < -0.4 is 4.74 Å². The van der Waals surface area contributed by atoms with Gasteiger partial charge in [0.2, 0.25) is 0 Å². The summed E-state index contributed by atoms with van der Waals surface area (Å²) in [5, 5.41) is 1.91. The second kappa shape index (κ2) is 3.58. The summed E-state index contributed by atoms with van der Waals surface area (Å²) in [5.41, 5.74) is 0.679. The summed E-state index contributed by atoms with van der Waals surface area (Å²) in [4.78, 5) is 0. The number of hydrogen-bond acceptors (Lipinski definition) is 2. The fourth-order valence-electron chi connectivity index (χ4n) is 1.36. The Bertz CT molecular complexity index is 423. The first-order chi connectivity index (χ1) is 6.70. The molecule has 74 valence electrons. The van der Waals surface area contributed by atoms with Crippen molar-refractivity contribution in [2.75, 3.05) is 6.61 Å². The van der Waals surface area contributed by atoms with Crippen molar-refractivity contribution >= 4 is 21.4 Å². The van der Waals surface area contributed by atoms with E-state index < -0.39 is 0 Å². The minimum atomic E-state index is -0.151. The highest BCUT2D eigenvalue weighted by atomic mass is 32.1. The van der Waals surface area contributed by atoms with Crippen molar-refractivity contribution in [2.45, 2.75) is 13.8 Å². The van der Waals surface area contributed by atoms with Gasteiger partial charge in [0, 0.05) is 4.70 Å². The van der Waals surface area contributed by atoms with Gasteiger partial charge in [-0.25, -0.2) is 4.39 Å². The van der Waals surface area contributed by atoms with Crippen LogP contribution in [0.2, 0.25) is 0 Å². The van der Waals surface area contributed by atoms with Crippen LogP contribution in [-0.2, 0) is 0 Å². The molecule has 0 aliphatic heterocycles. The van der Waals surface area contributed by atoms with Crippen LogP contribution in [-0.4, -0.2) is 6.61 Å². The summed E-state index contributed by atoms with van der Waals surface area (Å²) >= 11 is 1.48. The predicted molar refractivity (Wildman–Crippen MR) is 57.7 cm³/mol. The van der Waals surface area contributed by atoms with Crippen molar-refractivity contribution in [1.29, 1.82) is 0 Å². The standard InChI is InChI=1S/C11H11FOS/c1-3-13-11-5-8-4-7(2)9(12)6-10(8)14-11/h4-6H,3H2,1-2H3. The lowest BCUT2D eigenvalue weighted by Crippen LogP contribution is -1.86. The molecule has 0 N–H and O–H groups in total. The summed E-state index contributed by atoms with van der Waals surface area (Å²) in [6.07, 6.45) is 0. The Morgan fingerprint density at radius 2 is 2.14 bits per heavy atom. The Hall–Kier alpha value is -1.09. The molecule has 2 aromatic rings. The molecule has 0 fully saturated rings. The lowest BCUT2D eigenvalue weighted by Gasteiger charge is -1.94. The van der Waals surface area contributed by atoms with Gasteiger partial charge in [-0.15, -0.1) is 0 Å². The van der Waals surface area contributed by atoms with E-state index in [0.29, 0.717) is 12.2 Å². The lowest BCUT2D eigenvalue weighted by atomic mass is 10.2. The van der Waals surface area contributed by atoms with E-state index in [-0.39, 0.29) is 5.82 Å². The number of thiophene rings is 1. The van der Waals surface area contributed by atoms with Gasteiger partial charge in [-0.2, -0.15) is 0 Å². The van der Waals surface area contributed by atoms with Gasteiger partial charge >= 0.3 is 0 Å². The van der Waals surface area contributed by atoms with Crippen LogP contribution >= 0.6 is 11.3 Å². The number of aryl methyl sites for hydroxylation is 1. The molecule has 0 aliphatic rings. The number of rotatable bonds is 2. The van der Waals surface area contributed by atoms with Crippen LogP contribution in [0.15, 0.2) is 18.2 Å². The van der Waals surface area contributed by atoms with Crippen molar-refractivity contribution in [2.24, 2.45) is 0 Å². The monoisotopic (exact) mass is 210 g/mol. The van der Waals surface area contributed by atoms with Gasteiger partial charge in [0.05, 0.1) is 6.61 Å². The number of ether oxygens (including phenoxy) is 1. The molecular formula is C11H11FOS. The summed E-state index contributed by atoms with van der Waals surface area (Å²) in [5.74, 6) is -0.151. The molecule has 0 unspecified atom stereocenters. The third-order valence-corrected chi connectivity index (χ3v) is 3.07. The van der Waals surface area contributed by atoms with Crippen LogP contribution in [0.4, 0.5) is 4.39 Å². The maximum absolute atomic E-state index is 13.2. The zero-order valence-corrected chi connectivity index (χ0v) is 8.95. The van der Waals surface area contributed by atoms with Crippen LogP contribution in [0.3, 0.4) is 0 Å². The molecular weight excluding hydrogens is 199 g/mol. The van der Waals surface area contributed by atoms with Gasteiger partial charge in [-0.1, -0.05) is 11.3 Å². The molecule has 0 bridgehead atoms. The number of fused-ring (bicyclic) bond motifs is 1. The molecule has 0 radical (unpaired) electrons. The second-order valence-electron chi connectivity index (χ2n) is 3.14. The lowest BCUT2D eigenvalue weighted by molar-refractivity contribution is 0.350. The average Bonchev–Trinajstić information content (AvgIpc) is 2.48. The second-order valence-corrected chi connectivity index (χ2v) is 4.18. The minimum absolute atomic E-state index is 0.151. The summed E-state index contributed by atoms with van der Waals surface area (Å²) in [7, 11) is 0. The van der Waals surface area contributed by atoms with Crippen molar-refractivity contribution in [1.82, 2.24) is 0 Å². The Balaban J connectivity index is 2.54. The molecule has 0 amide bonds. The van der Waals surface area contributed by atoms with Gasteiger partial charge in [0.15, 0.2) is 5.06 Å². The largest absolute Gasteiger partial charge is 0.484 e. The molecule has 1 aromatic carbocycles. The molecule has 3 heteroatoms. The molecule has 0 saturated heterocycles. The normalized spacial score (nSPS) is 10.8. The van der Waals surface area contributed by atoms with Crippen molar-refractivity contribution in [3.63, 3.8) is 0 Å². The molecule has 0 saturated carbocycles. The number of hydrogen-bond donors (Lipinski definition) is 0. The van der Waals surface area contributed by atoms with E-state index in [0.717, 1.165) is 15.1 Å². The van der Waals surface area contributed by atoms with Gasteiger partial charge in [0.1, 0.15) is 5.82 Å². The Morgan fingerprint density at radius 1 is 1.36 bits per heavy atom. The van der Waals surface area contributed by atoms with Crippen LogP contribution in [0.1, 0.15) is 12.5 Å². The van der Waals surface area contributed by atoms with Gasteiger partial charge in [-0.3, -0.25) is 0 Å². The maximum Gasteiger partial charge on any atom is 0.174 e. The summed E-state index contributed by atoms with van der Waals surface area (Å²) < 4.78 is 19.5. The quantitative estimate of drug-likeness (QED) is 0.733. The fraction of sp³-hybridized carbons (Fsp3) is 0.273. The third-order valence-electron chi connectivity index (χ3n) is 2.06. The zero-order valence-electron chi connectivity index (χ0n) is 8.13. The Morgan fingerprint density at radius 3 is 2.86 bits per heavy atom. The Kier molecular flexibility index (Phi) is 2.42. The SMILES string of the molecule is CCOc1cc2cc(C)c(F)cc2s1. The van der Waals surface area contributed by atoms with Crippen LogP contribution in [0.25, 0.3) is 10.1 Å². The highest BCUT2D eigenvalue weighted by Gasteiger charge is 2.05. The van der Waals surface area contributed by atoms with Crippen molar-refractivity contribution in [3.05, 3.63) is 29.6 Å². The highest BCUT2D eigenvalue weighted by molar-refractivity contribution is 7.20. The summed E-state index contributed by atoms with van der Waals surface area (Å²) in [6, 6.07) is 5.37. The molecule has 1 heterocycles. The van der Waals surface area contributed by atoms with Crippen molar-refractivity contribution < 1.29 is 9.13 Å². The van der Waals surface area contributed by atoms with E-state index in [9.17, 15) is 4.39 Å².